The van der Waals surface area contributed by atoms with E-state index in [2.05, 4.69) is 62.4 Å². The highest BCUT2D eigenvalue weighted by Crippen LogP contribution is 2.45. The Bertz CT molecular complexity index is 1170. The Morgan fingerprint density at radius 3 is 2.56 bits per heavy atom. The van der Waals surface area contributed by atoms with Crippen LogP contribution in [0.3, 0.4) is 0 Å². The maximum atomic E-state index is 12.5. The van der Waals surface area contributed by atoms with E-state index in [0.717, 1.165) is 24.0 Å². The average Bonchev–Trinajstić information content (AvgIpc) is 2.81. The van der Waals surface area contributed by atoms with Crippen LogP contribution in [0.25, 0.3) is 11.0 Å². The number of hydrogen-bond donors (Lipinski definition) is 0. The maximum Gasteiger partial charge on any atom is 0.343 e. The van der Waals surface area contributed by atoms with Gasteiger partial charge < -0.3 is 4.74 Å². The molecule has 4 rings (SSSR count). The zero-order valence-corrected chi connectivity index (χ0v) is 19.6. The molecule has 0 fully saturated rings. The summed E-state index contributed by atoms with van der Waals surface area (Å²) in [6.45, 7) is 6.61. The van der Waals surface area contributed by atoms with Crippen LogP contribution in [0.2, 0.25) is 0 Å². The van der Waals surface area contributed by atoms with E-state index >= 15 is 0 Å². The number of ether oxygens (including phenoxy) is 1. The third-order valence-corrected chi connectivity index (χ3v) is 6.98. The van der Waals surface area contributed by atoms with E-state index in [9.17, 15) is 4.79 Å². The Hall–Kier alpha value is -3.04. The van der Waals surface area contributed by atoms with Crippen molar-refractivity contribution in [2.75, 3.05) is 0 Å². The summed E-state index contributed by atoms with van der Waals surface area (Å²) in [4.78, 5) is 15.0. The highest BCUT2D eigenvalue weighted by atomic mass is 32.2. The third kappa shape index (κ3) is 4.89. The van der Waals surface area contributed by atoms with Crippen molar-refractivity contribution in [3.8, 4) is 0 Å². The van der Waals surface area contributed by atoms with Crippen LogP contribution in [0.4, 0.5) is 0 Å². The Kier molecular flexibility index (Phi) is 6.66. The second-order valence-corrected chi connectivity index (χ2v) is 9.71. The van der Waals surface area contributed by atoms with Crippen LogP contribution in [0.1, 0.15) is 59.8 Å². The number of esters is 1. The van der Waals surface area contributed by atoms with E-state index in [1.54, 1.807) is 11.8 Å². The summed E-state index contributed by atoms with van der Waals surface area (Å²) in [5.41, 5.74) is 5.32. The topological polar surface area (TPSA) is 26.3 Å². The van der Waals surface area contributed by atoms with Gasteiger partial charge in [0.05, 0.1) is 11.8 Å². The molecule has 1 aliphatic rings. The molecule has 0 heterocycles. The molecule has 0 aliphatic heterocycles. The smallest absolute Gasteiger partial charge is 0.343 e. The number of hydrogen-bond acceptors (Lipinski definition) is 3. The third-order valence-electron chi connectivity index (χ3n) is 5.86. The second kappa shape index (κ2) is 9.62. The van der Waals surface area contributed by atoms with Crippen molar-refractivity contribution >= 4 is 28.7 Å². The van der Waals surface area contributed by atoms with Gasteiger partial charge >= 0.3 is 5.97 Å². The van der Waals surface area contributed by atoms with Crippen LogP contribution >= 0.6 is 11.8 Å². The fourth-order valence-electron chi connectivity index (χ4n) is 4.01. The molecule has 0 amide bonds. The predicted molar refractivity (Wildman–Crippen MR) is 135 cm³/mol. The minimum Gasteiger partial charge on any atom is -0.431 e. The number of benzene rings is 3. The fraction of sp³-hybridized carbons (Fsp3) is 0.207. The number of carbonyl (C=O) groups is 1. The molecule has 0 spiro atoms. The minimum absolute atomic E-state index is 0.0919. The molecule has 32 heavy (non-hydrogen) atoms. The summed E-state index contributed by atoms with van der Waals surface area (Å²) in [6.07, 6.45) is 7.51. The Morgan fingerprint density at radius 1 is 1.03 bits per heavy atom. The highest BCUT2D eigenvalue weighted by Gasteiger charge is 2.28. The number of aryl methyl sites for hydroxylation is 1. The van der Waals surface area contributed by atoms with E-state index in [0.29, 0.717) is 5.56 Å². The van der Waals surface area contributed by atoms with Gasteiger partial charge in [0.2, 0.25) is 0 Å². The van der Waals surface area contributed by atoms with Gasteiger partial charge in [0.15, 0.2) is 0 Å². The number of rotatable bonds is 6. The van der Waals surface area contributed by atoms with Crippen molar-refractivity contribution in [1.82, 2.24) is 0 Å². The average molecular weight is 441 g/mol. The lowest BCUT2D eigenvalue weighted by Gasteiger charge is -2.32. The molecule has 0 saturated carbocycles. The number of thioether (sulfide) groups is 1. The molecule has 0 aromatic heterocycles. The van der Waals surface area contributed by atoms with Crippen molar-refractivity contribution in [3.63, 3.8) is 0 Å². The van der Waals surface area contributed by atoms with Crippen molar-refractivity contribution in [2.45, 2.75) is 43.9 Å². The van der Waals surface area contributed by atoms with E-state index in [4.69, 9.17) is 4.74 Å². The van der Waals surface area contributed by atoms with Crippen LogP contribution in [-0.2, 0) is 16.6 Å². The Labute approximate surface area is 195 Å². The van der Waals surface area contributed by atoms with Crippen LogP contribution in [0, 0.1) is 0 Å². The summed E-state index contributed by atoms with van der Waals surface area (Å²) >= 11 is 1.80. The molecule has 0 unspecified atom stereocenters. The quantitative estimate of drug-likeness (QED) is 0.288. The predicted octanol–water partition coefficient (Wildman–Crippen LogP) is 7.89. The first-order valence-electron chi connectivity index (χ1n) is 11.0. The summed E-state index contributed by atoms with van der Waals surface area (Å²) in [5.74, 6) is -0.321. The largest absolute Gasteiger partial charge is 0.431 e. The molecule has 0 radical (unpaired) electrons. The molecule has 3 aromatic carbocycles. The fourth-order valence-corrected chi connectivity index (χ4v) is 5.00. The summed E-state index contributed by atoms with van der Waals surface area (Å²) in [5, 5.41) is 0. The van der Waals surface area contributed by atoms with E-state index < -0.39 is 0 Å². The van der Waals surface area contributed by atoms with E-state index in [-0.39, 0.29) is 11.4 Å². The molecular weight excluding hydrogens is 412 g/mol. The maximum absolute atomic E-state index is 12.5. The van der Waals surface area contributed by atoms with E-state index in [1.807, 2.05) is 43.3 Å². The first-order chi connectivity index (χ1) is 15.5. The van der Waals surface area contributed by atoms with Gasteiger partial charge in [-0.25, -0.2) is 4.79 Å². The SMILES string of the molecule is CCc1ccccc1C(=O)OC=Cc1ccc2c(c1)C(Sc1ccccc1)=CCC2(C)C. The first-order valence-corrected chi connectivity index (χ1v) is 11.8. The Morgan fingerprint density at radius 2 is 1.78 bits per heavy atom. The molecule has 2 nitrogen and oxygen atoms in total. The lowest BCUT2D eigenvalue weighted by atomic mass is 9.75. The van der Waals surface area contributed by atoms with Crippen molar-refractivity contribution in [3.05, 3.63) is 113 Å². The lowest BCUT2D eigenvalue weighted by molar-refractivity contribution is 0.0664. The molecule has 1 aliphatic carbocycles. The summed E-state index contributed by atoms with van der Waals surface area (Å²) < 4.78 is 5.44. The summed E-state index contributed by atoms with van der Waals surface area (Å²) in [7, 11) is 0. The second-order valence-electron chi connectivity index (χ2n) is 8.60. The van der Waals surface area contributed by atoms with Crippen LogP contribution in [0.5, 0.6) is 0 Å². The molecule has 3 aromatic rings. The van der Waals surface area contributed by atoms with Gasteiger partial charge in [-0.05, 0) is 70.9 Å². The van der Waals surface area contributed by atoms with Crippen LogP contribution < -0.4 is 0 Å². The van der Waals surface area contributed by atoms with Gasteiger partial charge in [-0.2, -0.15) is 0 Å². The normalized spacial score (nSPS) is 14.7. The van der Waals surface area contributed by atoms with Crippen molar-refractivity contribution in [2.24, 2.45) is 0 Å². The van der Waals surface area contributed by atoms with E-state index in [1.165, 1.54) is 27.2 Å². The summed E-state index contributed by atoms with van der Waals surface area (Å²) in [6, 6.07) is 24.6. The Balaban J connectivity index is 1.56. The minimum atomic E-state index is -0.321. The number of allylic oxidation sites excluding steroid dienone is 1. The van der Waals surface area contributed by atoms with Gasteiger partial charge in [0.25, 0.3) is 0 Å². The van der Waals surface area contributed by atoms with Crippen molar-refractivity contribution in [1.29, 1.82) is 0 Å². The van der Waals surface area contributed by atoms with Gasteiger partial charge in [-0.3, -0.25) is 0 Å². The van der Waals surface area contributed by atoms with Gasteiger partial charge in [0.1, 0.15) is 0 Å². The standard InChI is InChI=1S/C29H28O2S/c1-4-22-10-8-9-13-24(22)28(30)31-19-17-21-14-15-26-25(20-21)27(16-18-29(26,2)3)32-23-11-6-5-7-12-23/h5-17,19-20H,4,18H2,1-3H3. The molecular formula is C29H28O2S. The van der Waals surface area contributed by atoms with Crippen molar-refractivity contribution < 1.29 is 9.53 Å². The highest BCUT2D eigenvalue weighted by molar-refractivity contribution is 8.08. The number of fused-ring (bicyclic) bond motifs is 1. The lowest BCUT2D eigenvalue weighted by Crippen LogP contribution is -2.21. The van der Waals surface area contributed by atoms with Gasteiger partial charge in [0, 0.05) is 9.80 Å². The van der Waals surface area contributed by atoms with Gasteiger partial charge in [-0.1, -0.05) is 87.1 Å². The molecule has 162 valence electrons. The molecule has 0 N–H and O–H groups in total. The van der Waals surface area contributed by atoms with Crippen LogP contribution in [0.15, 0.2) is 90.0 Å². The van der Waals surface area contributed by atoms with Crippen LogP contribution in [-0.4, -0.2) is 5.97 Å². The molecule has 3 heteroatoms. The molecule has 0 atom stereocenters. The zero-order valence-electron chi connectivity index (χ0n) is 18.8. The monoisotopic (exact) mass is 440 g/mol. The number of carbonyl (C=O) groups excluding carboxylic acids is 1. The van der Waals surface area contributed by atoms with Gasteiger partial charge in [-0.15, -0.1) is 0 Å². The zero-order chi connectivity index (χ0) is 22.6. The molecule has 0 saturated heterocycles. The first kappa shape index (κ1) is 22.2. The molecule has 0 bridgehead atoms.